The highest BCUT2D eigenvalue weighted by molar-refractivity contribution is 4.31. The zero-order valence-electron chi connectivity index (χ0n) is 9.30. The highest BCUT2D eigenvalue weighted by atomic mass is 16.3. The van der Waals surface area contributed by atoms with Crippen LogP contribution in [0.15, 0.2) is 0 Å². The van der Waals surface area contributed by atoms with Gasteiger partial charge in [-0.1, -0.05) is 39.5 Å². The molecule has 2 heteroatoms. The van der Waals surface area contributed by atoms with Crippen molar-refractivity contribution in [2.24, 2.45) is 0 Å². The fraction of sp³-hybridized carbons (Fsp3) is 1.00. The molecule has 0 aromatic rings. The van der Waals surface area contributed by atoms with Crippen molar-refractivity contribution >= 4 is 0 Å². The number of aliphatic hydroxyl groups excluding tert-OH is 2. The van der Waals surface area contributed by atoms with Gasteiger partial charge in [0.25, 0.3) is 0 Å². The van der Waals surface area contributed by atoms with Gasteiger partial charge in [0.2, 0.25) is 0 Å². The maximum atomic E-state index is 8.06. The minimum absolute atomic E-state index is 0.167. The van der Waals surface area contributed by atoms with Gasteiger partial charge >= 0.3 is 0 Å². The second-order valence-electron chi connectivity index (χ2n) is 2.80. The Morgan fingerprint density at radius 1 is 0.917 bits per heavy atom. The highest BCUT2D eigenvalue weighted by Crippen LogP contribution is 1.95. The van der Waals surface area contributed by atoms with Crippen LogP contribution in [0.2, 0.25) is 0 Å². The molecule has 0 aromatic carbocycles. The molecule has 0 unspecified atom stereocenters. The van der Waals surface area contributed by atoms with E-state index in [0.29, 0.717) is 0 Å². The van der Waals surface area contributed by atoms with Crippen LogP contribution in [-0.2, 0) is 0 Å². The number of rotatable bonds is 3. The summed E-state index contributed by atoms with van der Waals surface area (Å²) < 4.78 is 0. The van der Waals surface area contributed by atoms with Crippen LogP contribution < -0.4 is 0 Å². The van der Waals surface area contributed by atoms with Crippen molar-refractivity contribution in [1.29, 1.82) is 0 Å². The minimum atomic E-state index is -0.167. The summed E-state index contributed by atoms with van der Waals surface area (Å²) in [5.74, 6) is 0. The van der Waals surface area contributed by atoms with Crippen LogP contribution in [-0.4, -0.2) is 23.4 Å². The Morgan fingerprint density at radius 2 is 1.08 bits per heavy atom. The Morgan fingerprint density at radius 3 is 1.17 bits per heavy atom. The fourth-order valence-corrected chi connectivity index (χ4v) is 0.500. The predicted octanol–water partition coefficient (Wildman–Crippen LogP) is 2.58. The number of aliphatic hydroxyl groups is 2. The Bertz CT molecular complexity index is 38.3. The quantitative estimate of drug-likeness (QED) is 0.652. The number of hydrogen-bond acceptors (Lipinski definition) is 2. The van der Waals surface area contributed by atoms with Crippen LogP contribution >= 0.6 is 0 Å². The second kappa shape index (κ2) is 22.4. The Labute approximate surface area is 77.6 Å². The Kier molecular flexibility index (Phi) is 33.4. The molecule has 12 heavy (non-hydrogen) atoms. The first-order chi connectivity index (χ1) is 5.65. The molecular weight excluding hydrogens is 152 g/mol. The molecule has 0 aromatic heterocycles. The van der Waals surface area contributed by atoms with Crippen LogP contribution in [0, 0.1) is 0 Å². The van der Waals surface area contributed by atoms with Gasteiger partial charge in [0.15, 0.2) is 0 Å². The maximum Gasteiger partial charge on any atom is 0.0483 e. The molecule has 0 aliphatic carbocycles. The van der Waals surface area contributed by atoms with Crippen LogP contribution in [0.3, 0.4) is 0 Å². The molecule has 0 atom stereocenters. The van der Waals surface area contributed by atoms with Crippen molar-refractivity contribution in [3.8, 4) is 0 Å². The summed E-state index contributed by atoms with van der Waals surface area (Å²) in [6, 6.07) is 0. The first-order valence-electron chi connectivity index (χ1n) is 4.77. The highest BCUT2D eigenvalue weighted by Gasteiger charge is 1.75. The van der Waals surface area contributed by atoms with E-state index in [1.165, 1.54) is 25.7 Å². The van der Waals surface area contributed by atoms with Gasteiger partial charge in [-0.2, -0.15) is 0 Å². The molecule has 0 amide bonds. The van der Waals surface area contributed by atoms with Gasteiger partial charge in [-0.05, 0) is 13.8 Å². The third kappa shape index (κ3) is 92.6. The molecule has 0 spiro atoms. The van der Waals surface area contributed by atoms with Gasteiger partial charge in [0, 0.05) is 13.2 Å². The normalized spacial score (nSPS) is 8.00. The summed E-state index contributed by atoms with van der Waals surface area (Å²) in [5, 5.41) is 15.1. The molecule has 0 bridgehead atoms. The summed E-state index contributed by atoms with van der Waals surface area (Å²) >= 11 is 0. The molecule has 2 N–H and O–H groups in total. The van der Waals surface area contributed by atoms with E-state index in [2.05, 4.69) is 13.8 Å². The van der Waals surface area contributed by atoms with E-state index in [0.717, 1.165) is 7.11 Å². The summed E-state index contributed by atoms with van der Waals surface area (Å²) in [6.45, 7) is 7.91. The van der Waals surface area contributed by atoms with Crippen LogP contribution in [0.5, 0.6) is 0 Å². The lowest BCUT2D eigenvalue weighted by Crippen LogP contribution is -1.85. The van der Waals surface area contributed by atoms with Crippen molar-refractivity contribution < 1.29 is 10.2 Å². The summed E-state index contributed by atoms with van der Waals surface area (Å²) in [4.78, 5) is 0. The van der Waals surface area contributed by atoms with Gasteiger partial charge in [0.05, 0.1) is 0 Å². The Balaban J connectivity index is -0.000000118. The van der Waals surface area contributed by atoms with E-state index in [1.807, 2.05) is 0 Å². The van der Waals surface area contributed by atoms with Crippen molar-refractivity contribution in [3.63, 3.8) is 0 Å². The first-order valence-corrected chi connectivity index (χ1v) is 4.77. The van der Waals surface area contributed by atoms with E-state index in [4.69, 9.17) is 10.2 Å². The predicted molar refractivity (Wildman–Crippen MR) is 55.3 cm³/mol. The van der Waals surface area contributed by atoms with Gasteiger partial charge in [0.1, 0.15) is 0 Å². The molecule has 78 valence electrons. The van der Waals surface area contributed by atoms with Crippen molar-refractivity contribution in [1.82, 2.24) is 0 Å². The molecule has 0 saturated heterocycles. The van der Waals surface area contributed by atoms with E-state index < -0.39 is 0 Å². The van der Waals surface area contributed by atoms with E-state index in [-0.39, 0.29) is 6.10 Å². The maximum absolute atomic E-state index is 8.06. The lowest BCUT2D eigenvalue weighted by atomic mass is 10.2. The van der Waals surface area contributed by atoms with Crippen molar-refractivity contribution in [2.45, 2.75) is 59.5 Å². The molecule has 0 saturated carbocycles. The van der Waals surface area contributed by atoms with Crippen molar-refractivity contribution in [2.75, 3.05) is 7.11 Å². The van der Waals surface area contributed by atoms with E-state index >= 15 is 0 Å². The zero-order chi connectivity index (χ0) is 10.4. The summed E-state index contributed by atoms with van der Waals surface area (Å²) in [7, 11) is 1.00. The van der Waals surface area contributed by atoms with E-state index in [1.54, 1.807) is 13.8 Å². The molecule has 0 radical (unpaired) electrons. The van der Waals surface area contributed by atoms with Gasteiger partial charge in [-0.25, -0.2) is 0 Å². The van der Waals surface area contributed by atoms with Crippen molar-refractivity contribution in [3.05, 3.63) is 0 Å². The molecular formula is C10H26O2. The summed E-state index contributed by atoms with van der Waals surface area (Å²) in [5.41, 5.74) is 0. The van der Waals surface area contributed by atoms with Crippen LogP contribution in [0.4, 0.5) is 0 Å². The zero-order valence-corrected chi connectivity index (χ0v) is 9.30. The molecule has 0 fully saturated rings. The third-order valence-corrected chi connectivity index (χ3v) is 0.957. The van der Waals surface area contributed by atoms with Crippen LogP contribution in [0.25, 0.3) is 0 Å². The average molecular weight is 178 g/mol. The minimum Gasteiger partial charge on any atom is -0.400 e. The number of unbranched alkanes of at least 4 members (excludes halogenated alkanes) is 3. The van der Waals surface area contributed by atoms with Gasteiger partial charge in [-0.15, -0.1) is 0 Å². The van der Waals surface area contributed by atoms with Crippen LogP contribution in [0.1, 0.15) is 53.4 Å². The lowest BCUT2D eigenvalue weighted by molar-refractivity contribution is 0.216. The molecule has 2 nitrogen and oxygen atoms in total. The summed E-state index contributed by atoms with van der Waals surface area (Å²) in [6.07, 6.45) is 5.37. The SMILES string of the molecule is CC(C)O.CCCCCC.CO. The van der Waals surface area contributed by atoms with Gasteiger partial charge in [-0.3, -0.25) is 0 Å². The van der Waals surface area contributed by atoms with E-state index in [9.17, 15) is 0 Å². The fourth-order valence-electron chi connectivity index (χ4n) is 0.500. The number of hydrogen-bond donors (Lipinski definition) is 2. The lowest BCUT2D eigenvalue weighted by Gasteiger charge is -1.86. The Hall–Kier alpha value is -0.0800. The van der Waals surface area contributed by atoms with Gasteiger partial charge < -0.3 is 10.2 Å². The molecule has 0 heterocycles. The monoisotopic (exact) mass is 178 g/mol. The topological polar surface area (TPSA) is 40.5 Å². The average Bonchev–Trinajstić information content (AvgIpc) is 2.04. The third-order valence-electron chi connectivity index (χ3n) is 0.957. The molecule has 0 aliphatic heterocycles. The smallest absolute Gasteiger partial charge is 0.0483 e. The largest absolute Gasteiger partial charge is 0.400 e. The first kappa shape index (κ1) is 17.9. The second-order valence-corrected chi connectivity index (χ2v) is 2.80. The molecule has 0 aliphatic rings. The standard InChI is InChI=1S/C6H14.C3H8O.CH4O/c1-3-5-6-4-2;1-3(2)4;1-2/h3-6H2,1-2H3;3-4H,1-2H3;2H,1H3. The molecule has 0 rings (SSSR count).